The Kier molecular flexibility index (Phi) is 6.15. The van der Waals surface area contributed by atoms with Crippen LogP contribution in [0.2, 0.25) is 0 Å². The molecule has 2 aromatic rings. The smallest absolute Gasteiger partial charge is 0.288 e. The van der Waals surface area contributed by atoms with E-state index >= 15 is 0 Å². The van der Waals surface area contributed by atoms with Crippen LogP contribution in [0.25, 0.3) is 0 Å². The van der Waals surface area contributed by atoms with Gasteiger partial charge in [0.05, 0.1) is 10.6 Å². The summed E-state index contributed by atoms with van der Waals surface area (Å²) in [6.45, 7) is 0. The van der Waals surface area contributed by atoms with Gasteiger partial charge in [-0.3, -0.25) is 4.79 Å². The van der Waals surface area contributed by atoms with Crippen molar-refractivity contribution in [1.29, 1.82) is 0 Å². The van der Waals surface area contributed by atoms with Crippen LogP contribution in [-0.2, 0) is 10.0 Å². The summed E-state index contributed by atoms with van der Waals surface area (Å²) >= 11 is 0.338. The number of hydrogen-bond acceptors (Lipinski definition) is 4. The van der Waals surface area contributed by atoms with Gasteiger partial charge in [0, 0.05) is 24.6 Å². The van der Waals surface area contributed by atoms with Crippen molar-refractivity contribution in [3.05, 3.63) is 54.1 Å². The van der Waals surface area contributed by atoms with Gasteiger partial charge in [0.1, 0.15) is 0 Å². The SMILES string of the molecule is CN(C)S(=O)(=O)c1ccc(C(=O)Nc2ccccc2SC(F)F)cc1. The number of hydrogen-bond donors (Lipinski definition) is 1. The van der Waals surface area contributed by atoms with E-state index in [1.165, 1.54) is 50.5 Å². The van der Waals surface area contributed by atoms with Gasteiger partial charge in [0.25, 0.3) is 11.7 Å². The molecule has 134 valence electrons. The number of nitrogens with zero attached hydrogens (tertiary/aromatic N) is 1. The second-order valence-corrected chi connectivity index (χ2v) is 8.32. The summed E-state index contributed by atoms with van der Waals surface area (Å²) in [7, 11) is -0.763. The molecule has 0 unspecified atom stereocenters. The maximum Gasteiger partial charge on any atom is 0.288 e. The van der Waals surface area contributed by atoms with Gasteiger partial charge in [-0.2, -0.15) is 8.78 Å². The molecule has 0 bridgehead atoms. The molecule has 2 rings (SSSR count). The first-order valence-electron chi connectivity index (χ1n) is 7.09. The van der Waals surface area contributed by atoms with Crippen LogP contribution in [0.3, 0.4) is 0 Å². The highest BCUT2D eigenvalue weighted by Gasteiger charge is 2.18. The van der Waals surface area contributed by atoms with E-state index in [-0.39, 0.29) is 21.0 Å². The number of thioether (sulfide) groups is 1. The first-order chi connectivity index (χ1) is 11.7. The molecule has 0 heterocycles. The quantitative estimate of drug-likeness (QED) is 0.772. The average Bonchev–Trinajstić information content (AvgIpc) is 2.56. The van der Waals surface area contributed by atoms with Crippen molar-refractivity contribution in [3.63, 3.8) is 0 Å². The number of sulfonamides is 1. The van der Waals surface area contributed by atoms with Gasteiger partial charge in [0.15, 0.2) is 0 Å². The predicted molar refractivity (Wildman–Crippen MR) is 93.6 cm³/mol. The predicted octanol–water partition coefficient (Wildman–Crippen LogP) is 3.50. The van der Waals surface area contributed by atoms with Crippen molar-refractivity contribution < 1.29 is 22.0 Å². The minimum atomic E-state index is -3.58. The third-order valence-corrected chi connectivity index (χ3v) is 5.86. The monoisotopic (exact) mass is 386 g/mol. The molecule has 0 saturated carbocycles. The highest BCUT2D eigenvalue weighted by Crippen LogP contribution is 2.31. The first-order valence-corrected chi connectivity index (χ1v) is 9.41. The molecule has 0 radical (unpaired) electrons. The Bertz CT molecular complexity index is 854. The third kappa shape index (κ3) is 4.77. The lowest BCUT2D eigenvalue weighted by atomic mass is 10.2. The van der Waals surface area contributed by atoms with Crippen LogP contribution < -0.4 is 5.32 Å². The molecule has 1 N–H and O–H groups in total. The molecular formula is C16H16F2N2O3S2. The molecule has 0 aromatic heterocycles. The van der Waals surface area contributed by atoms with E-state index in [0.29, 0.717) is 11.8 Å². The fourth-order valence-electron chi connectivity index (χ4n) is 1.95. The highest BCUT2D eigenvalue weighted by molar-refractivity contribution is 7.99. The highest BCUT2D eigenvalue weighted by atomic mass is 32.2. The second-order valence-electron chi connectivity index (χ2n) is 5.14. The van der Waals surface area contributed by atoms with E-state index < -0.39 is 21.7 Å². The van der Waals surface area contributed by atoms with Crippen LogP contribution in [0.5, 0.6) is 0 Å². The Labute approximate surface area is 149 Å². The summed E-state index contributed by atoms with van der Waals surface area (Å²) in [6.07, 6.45) is 0. The van der Waals surface area contributed by atoms with E-state index in [2.05, 4.69) is 5.32 Å². The topological polar surface area (TPSA) is 66.5 Å². The maximum absolute atomic E-state index is 12.6. The zero-order chi connectivity index (χ0) is 18.6. The van der Waals surface area contributed by atoms with E-state index in [1.807, 2.05) is 0 Å². The Morgan fingerprint density at radius 3 is 2.24 bits per heavy atom. The number of alkyl halides is 2. The fraction of sp³-hybridized carbons (Fsp3) is 0.188. The standard InChI is InChI=1S/C16H16F2N2O3S2/c1-20(2)25(22,23)12-9-7-11(8-10-12)15(21)19-13-5-3-4-6-14(13)24-16(17)18/h3-10,16H,1-2H3,(H,19,21). The molecular weight excluding hydrogens is 370 g/mol. The van der Waals surface area contributed by atoms with E-state index in [0.717, 1.165) is 4.31 Å². The molecule has 0 spiro atoms. The molecule has 0 aliphatic carbocycles. The lowest BCUT2D eigenvalue weighted by Gasteiger charge is -2.12. The van der Waals surface area contributed by atoms with Crippen molar-refractivity contribution in [3.8, 4) is 0 Å². The Hall–Kier alpha value is -1.97. The lowest BCUT2D eigenvalue weighted by Crippen LogP contribution is -2.22. The average molecular weight is 386 g/mol. The molecule has 1 amide bonds. The van der Waals surface area contributed by atoms with Crippen LogP contribution in [-0.4, -0.2) is 38.5 Å². The largest absolute Gasteiger partial charge is 0.321 e. The minimum absolute atomic E-state index is 0.0581. The summed E-state index contributed by atoms with van der Waals surface area (Å²) < 4.78 is 50.2. The van der Waals surface area contributed by atoms with E-state index in [9.17, 15) is 22.0 Å². The molecule has 0 fully saturated rings. The van der Waals surface area contributed by atoms with Gasteiger partial charge in [-0.05, 0) is 36.4 Å². The lowest BCUT2D eigenvalue weighted by molar-refractivity contribution is 0.102. The van der Waals surface area contributed by atoms with Crippen LogP contribution in [0.1, 0.15) is 10.4 Å². The van der Waals surface area contributed by atoms with Crippen molar-refractivity contribution in [2.24, 2.45) is 0 Å². The van der Waals surface area contributed by atoms with Gasteiger partial charge in [0.2, 0.25) is 10.0 Å². The molecule has 2 aromatic carbocycles. The van der Waals surface area contributed by atoms with Crippen molar-refractivity contribution in [2.75, 3.05) is 19.4 Å². The summed E-state index contributed by atoms with van der Waals surface area (Å²) in [6, 6.07) is 11.6. The number of rotatable bonds is 6. The van der Waals surface area contributed by atoms with Crippen LogP contribution in [0, 0.1) is 0 Å². The molecule has 0 aliphatic rings. The van der Waals surface area contributed by atoms with Crippen molar-refractivity contribution in [1.82, 2.24) is 4.31 Å². The van der Waals surface area contributed by atoms with Gasteiger partial charge in [-0.15, -0.1) is 0 Å². The summed E-state index contributed by atoms with van der Waals surface area (Å²) in [5, 5.41) is 2.56. The van der Waals surface area contributed by atoms with Gasteiger partial charge in [-0.1, -0.05) is 23.9 Å². The van der Waals surface area contributed by atoms with Crippen LogP contribution in [0.4, 0.5) is 14.5 Å². The number of amides is 1. The zero-order valence-corrected chi connectivity index (χ0v) is 15.1. The number of benzene rings is 2. The second kappa shape index (κ2) is 7.94. The molecule has 0 saturated heterocycles. The summed E-state index contributed by atoms with van der Waals surface area (Å²) in [5.41, 5.74) is 0.484. The number of nitrogens with one attached hydrogen (secondary N) is 1. The van der Waals surface area contributed by atoms with Gasteiger partial charge < -0.3 is 5.32 Å². The number of anilines is 1. The normalized spacial score (nSPS) is 11.8. The van der Waals surface area contributed by atoms with E-state index in [4.69, 9.17) is 0 Å². The van der Waals surface area contributed by atoms with E-state index in [1.54, 1.807) is 12.1 Å². The molecule has 5 nitrogen and oxygen atoms in total. The Morgan fingerprint density at radius 2 is 1.68 bits per heavy atom. The fourth-order valence-corrected chi connectivity index (χ4v) is 3.45. The summed E-state index contributed by atoms with van der Waals surface area (Å²) in [4.78, 5) is 12.6. The van der Waals surface area contributed by atoms with Crippen LogP contribution >= 0.6 is 11.8 Å². The van der Waals surface area contributed by atoms with Crippen molar-refractivity contribution >= 4 is 33.4 Å². The van der Waals surface area contributed by atoms with Gasteiger partial charge in [-0.25, -0.2) is 12.7 Å². The maximum atomic E-state index is 12.6. The molecule has 25 heavy (non-hydrogen) atoms. The Morgan fingerprint density at radius 1 is 1.08 bits per heavy atom. The molecule has 0 aliphatic heterocycles. The number of para-hydroxylation sites is 1. The summed E-state index contributed by atoms with van der Waals surface area (Å²) in [5.74, 6) is -3.12. The first kappa shape index (κ1) is 19.4. The molecule has 9 heteroatoms. The molecule has 0 atom stereocenters. The minimum Gasteiger partial charge on any atom is -0.321 e. The number of halogens is 2. The number of carbonyl (C=O) groups is 1. The van der Waals surface area contributed by atoms with Gasteiger partial charge >= 0.3 is 0 Å². The third-order valence-electron chi connectivity index (χ3n) is 3.25. The number of carbonyl (C=O) groups excluding carboxylic acids is 1. The van der Waals surface area contributed by atoms with Crippen LogP contribution in [0.15, 0.2) is 58.3 Å². The van der Waals surface area contributed by atoms with Crippen molar-refractivity contribution in [2.45, 2.75) is 15.5 Å². The zero-order valence-electron chi connectivity index (χ0n) is 13.4. The Balaban J connectivity index is 2.20.